The van der Waals surface area contributed by atoms with Crippen molar-refractivity contribution in [2.45, 2.75) is 103 Å². The van der Waals surface area contributed by atoms with E-state index in [0.29, 0.717) is 25.7 Å². The maximum absolute atomic E-state index is 13.4. The van der Waals surface area contributed by atoms with Crippen molar-refractivity contribution in [3.63, 3.8) is 0 Å². The molecule has 0 saturated heterocycles. The van der Waals surface area contributed by atoms with Gasteiger partial charge in [0.05, 0.1) is 0 Å². The monoisotopic (exact) mass is 275 g/mol. The molecule has 0 rings (SSSR count). The first-order chi connectivity index (χ1) is 9.20. The minimum absolute atomic E-state index is 0.628. The highest BCUT2D eigenvalue weighted by molar-refractivity contribution is 4.69. The predicted molar refractivity (Wildman–Crippen MR) is 80.8 cm³/mol. The Kier molecular flexibility index (Phi) is 14.2. The van der Waals surface area contributed by atoms with Crippen LogP contribution >= 0.6 is 0 Å². The lowest BCUT2D eigenvalue weighted by Crippen LogP contribution is -2.01. The maximum Gasteiger partial charge on any atom is 0.100 e. The Morgan fingerprint density at radius 1 is 0.684 bits per heavy atom. The highest BCUT2D eigenvalue weighted by Gasteiger charge is 2.07. The molecule has 0 aromatic carbocycles. The Hall–Kier alpha value is -0.140. The molecule has 0 saturated carbocycles. The Balaban J connectivity index is 3.21. The van der Waals surface area contributed by atoms with Gasteiger partial charge in [0.1, 0.15) is 12.3 Å². The fraction of sp³-hybridized carbons (Fsp3) is 0.941. The zero-order valence-corrected chi connectivity index (χ0v) is 13.0. The fourth-order valence-corrected chi connectivity index (χ4v) is 2.26. The number of unbranched alkanes of at least 4 members (excludes halogenated alkanes) is 6. The van der Waals surface area contributed by atoms with Crippen LogP contribution in [0.3, 0.4) is 0 Å². The van der Waals surface area contributed by atoms with Crippen molar-refractivity contribution in [3.05, 3.63) is 6.42 Å². The van der Waals surface area contributed by atoms with Crippen molar-refractivity contribution >= 4 is 0 Å². The molecule has 2 unspecified atom stereocenters. The summed E-state index contributed by atoms with van der Waals surface area (Å²) in [6.45, 7) is 4.23. The van der Waals surface area contributed by atoms with Gasteiger partial charge in [-0.15, -0.1) is 0 Å². The minimum atomic E-state index is -0.638. The predicted octanol–water partition coefficient (Wildman–Crippen LogP) is 6.59. The highest BCUT2D eigenvalue weighted by Crippen LogP contribution is 2.16. The Morgan fingerprint density at radius 2 is 1.26 bits per heavy atom. The van der Waals surface area contributed by atoms with Gasteiger partial charge < -0.3 is 0 Å². The van der Waals surface area contributed by atoms with E-state index in [2.05, 4.69) is 20.3 Å². The molecule has 0 aliphatic heterocycles. The molecule has 0 N–H and O–H groups in total. The molecule has 19 heavy (non-hydrogen) atoms. The van der Waals surface area contributed by atoms with Crippen LogP contribution in [0, 0.1) is 6.42 Å². The summed E-state index contributed by atoms with van der Waals surface area (Å²) < 4.78 is 26.7. The zero-order valence-electron chi connectivity index (χ0n) is 13.0. The number of hydrogen-bond donors (Lipinski definition) is 0. The molecule has 0 aliphatic carbocycles. The molecule has 0 amide bonds. The van der Waals surface area contributed by atoms with Gasteiger partial charge in [-0.2, -0.15) is 0 Å². The lowest BCUT2D eigenvalue weighted by molar-refractivity contribution is 0.279. The summed E-state index contributed by atoms with van der Waals surface area (Å²) in [5.41, 5.74) is 0. The van der Waals surface area contributed by atoms with E-state index in [9.17, 15) is 8.78 Å². The normalized spacial score (nSPS) is 14.5. The lowest BCUT2D eigenvalue weighted by Gasteiger charge is -2.08. The van der Waals surface area contributed by atoms with E-state index < -0.39 is 12.3 Å². The SMILES string of the molecule is CCCCCC(F)CC[CH]CCCC(F)CCCC. The van der Waals surface area contributed by atoms with E-state index >= 15 is 0 Å². The van der Waals surface area contributed by atoms with Gasteiger partial charge in [-0.25, -0.2) is 8.78 Å². The third kappa shape index (κ3) is 14.1. The summed E-state index contributed by atoms with van der Waals surface area (Å²) in [6, 6.07) is 0. The summed E-state index contributed by atoms with van der Waals surface area (Å²) in [5.74, 6) is 0. The van der Waals surface area contributed by atoms with Crippen molar-refractivity contribution in [2.24, 2.45) is 0 Å². The molecule has 0 aliphatic rings. The second kappa shape index (κ2) is 14.3. The van der Waals surface area contributed by atoms with Gasteiger partial charge in [-0.1, -0.05) is 58.8 Å². The molecular weight excluding hydrogens is 242 g/mol. The molecule has 0 fully saturated rings. The quantitative estimate of drug-likeness (QED) is 0.314. The average Bonchev–Trinajstić information content (AvgIpc) is 2.40. The summed E-state index contributed by atoms with van der Waals surface area (Å²) in [6.07, 6.45) is 11.7. The van der Waals surface area contributed by atoms with E-state index in [1.54, 1.807) is 0 Å². The topological polar surface area (TPSA) is 0 Å². The molecule has 2 atom stereocenters. The molecule has 0 spiro atoms. The van der Waals surface area contributed by atoms with Gasteiger partial charge >= 0.3 is 0 Å². The first kappa shape index (κ1) is 18.9. The van der Waals surface area contributed by atoms with Gasteiger partial charge in [0, 0.05) is 0 Å². The van der Waals surface area contributed by atoms with Gasteiger partial charge in [-0.3, -0.25) is 0 Å². The number of hydrogen-bond acceptors (Lipinski definition) is 0. The van der Waals surface area contributed by atoms with Gasteiger partial charge in [0.25, 0.3) is 0 Å². The first-order valence-corrected chi connectivity index (χ1v) is 8.30. The number of alkyl halides is 2. The molecule has 2 heteroatoms. The van der Waals surface area contributed by atoms with E-state index in [1.807, 2.05) is 0 Å². The summed E-state index contributed by atoms with van der Waals surface area (Å²) in [7, 11) is 0. The second-order valence-corrected chi connectivity index (χ2v) is 5.63. The van der Waals surface area contributed by atoms with E-state index in [0.717, 1.165) is 51.4 Å². The summed E-state index contributed by atoms with van der Waals surface area (Å²) >= 11 is 0. The van der Waals surface area contributed by atoms with Crippen LogP contribution < -0.4 is 0 Å². The molecular formula is C17H33F2. The summed E-state index contributed by atoms with van der Waals surface area (Å²) in [4.78, 5) is 0. The molecule has 0 aromatic heterocycles. The highest BCUT2D eigenvalue weighted by atomic mass is 19.1. The minimum Gasteiger partial charge on any atom is -0.247 e. The van der Waals surface area contributed by atoms with E-state index in [1.165, 1.54) is 0 Å². The van der Waals surface area contributed by atoms with Crippen LogP contribution in [0.1, 0.15) is 90.9 Å². The van der Waals surface area contributed by atoms with Crippen molar-refractivity contribution in [3.8, 4) is 0 Å². The molecule has 0 bridgehead atoms. The fourth-order valence-electron chi connectivity index (χ4n) is 2.26. The smallest absolute Gasteiger partial charge is 0.100 e. The second-order valence-electron chi connectivity index (χ2n) is 5.63. The van der Waals surface area contributed by atoms with Crippen LogP contribution in [0.2, 0.25) is 0 Å². The standard InChI is InChI=1S/C17H33F2/c1-3-5-9-13-17(19)15-11-8-7-10-14-16(18)12-6-4-2/h8,16-17H,3-7,9-15H2,1-2H3. The van der Waals surface area contributed by atoms with Crippen LogP contribution in [0.5, 0.6) is 0 Å². The van der Waals surface area contributed by atoms with Crippen LogP contribution in [-0.2, 0) is 0 Å². The Morgan fingerprint density at radius 3 is 1.95 bits per heavy atom. The third-order valence-corrected chi connectivity index (χ3v) is 3.60. The van der Waals surface area contributed by atoms with Crippen LogP contribution in [0.4, 0.5) is 8.78 Å². The van der Waals surface area contributed by atoms with Crippen molar-refractivity contribution in [1.82, 2.24) is 0 Å². The largest absolute Gasteiger partial charge is 0.247 e. The molecule has 0 aromatic rings. The Labute approximate surface area is 119 Å². The van der Waals surface area contributed by atoms with Gasteiger partial charge in [0.15, 0.2) is 0 Å². The van der Waals surface area contributed by atoms with Gasteiger partial charge in [-0.05, 0) is 38.5 Å². The van der Waals surface area contributed by atoms with E-state index in [4.69, 9.17) is 0 Å². The van der Waals surface area contributed by atoms with Crippen LogP contribution in [-0.4, -0.2) is 12.3 Å². The zero-order chi connectivity index (χ0) is 14.3. The number of halogens is 2. The summed E-state index contributed by atoms with van der Waals surface area (Å²) in [5, 5.41) is 0. The van der Waals surface area contributed by atoms with Crippen molar-refractivity contribution < 1.29 is 8.78 Å². The third-order valence-electron chi connectivity index (χ3n) is 3.60. The lowest BCUT2D eigenvalue weighted by atomic mass is 10.0. The van der Waals surface area contributed by atoms with Crippen molar-refractivity contribution in [1.29, 1.82) is 0 Å². The average molecular weight is 275 g/mol. The molecule has 0 nitrogen and oxygen atoms in total. The first-order valence-electron chi connectivity index (χ1n) is 8.30. The van der Waals surface area contributed by atoms with Crippen LogP contribution in [0.25, 0.3) is 0 Å². The Bertz CT molecular complexity index is 171. The van der Waals surface area contributed by atoms with E-state index in [-0.39, 0.29) is 0 Å². The van der Waals surface area contributed by atoms with Crippen molar-refractivity contribution in [2.75, 3.05) is 0 Å². The van der Waals surface area contributed by atoms with Crippen LogP contribution in [0.15, 0.2) is 0 Å². The molecule has 115 valence electrons. The molecule has 0 heterocycles. The maximum atomic E-state index is 13.4. The number of rotatable bonds is 14. The molecule has 1 radical (unpaired) electrons. The van der Waals surface area contributed by atoms with Gasteiger partial charge in [0.2, 0.25) is 0 Å².